The molecule has 1 amide bonds. The molecule has 2 aliphatic heterocycles. The van der Waals surface area contributed by atoms with E-state index in [1.807, 2.05) is 19.1 Å². The number of allylic oxidation sites excluding steroid dienone is 2. The van der Waals surface area contributed by atoms with Gasteiger partial charge in [-0.15, -0.1) is 0 Å². The van der Waals surface area contributed by atoms with Crippen molar-refractivity contribution >= 4 is 38.5 Å². The summed E-state index contributed by atoms with van der Waals surface area (Å²) in [5.74, 6) is -0.0662. The fourth-order valence-corrected chi connectivity index (χ4v) is 4.47. The smallest absolute Gasteiger partial charge is 0.296 e. The van der Waals surface area contributed by atoms with Crippen molar-refractivity contribution in [1.29, 1.82) is 0 Å². The summed E-state index contributed by atoms with van der Waals surface area (Å²) in [6.07, 6.45) is 5.48. The molecular weight excluding hydrogens is 478 g/mol. The third kappa shape index (κ3) is 3.13. The number of nitrogens with zero attached hydrogens (tertiary/aromatic N) is 2. The van der Waals surface area contributed by atoms with E-state index in [0.717, 1.165) is 0 Å². The first kappa shape index (κ1) is 20.2. The zero-order valence-electron chi connectivity index (χ0n) is 16.7. The van der Waals surface area contributed by atoms with Crippen molar-refractivity contribution in [1.82, 2.24) is 10.2 Å². The van der Waals surface area contributed by atoms with Gasteiger partial charge in [-0.25, -0.2) is 0 Å². The molecule has 5 rings (SSSR count). The van der Waals surface area contributed by atoms with Gasteiger partial charge in [0.2, 0.25) is 5.76 Å². The molecule has 0 fully saturated rings. The molecule has 32 heavy (non-hydrogen) atoms. The van der Waals surface area contributed by atoms with Gasteiger partial charge < -0.3 is 9.73 Å². The quantitative estimate of drug-likeness (QED) is 0.428. The van der Waals surface area contributed by atoms with Crippen LogP contribution in [0.3, 0.4) is 0 Å². The van der Waals surface area contributed by atoms with Gasteiger partial charge in [0.1, 0.15) is 11.4 Å². The minimum Gasteiger partial charge on any atom is -0.450 e. The van der Waals surface area contributed by atoms with E-state index in [0.29, 0.717) is 26.8 Å². The minimum atomic E-state index is -0.880. The van der Waals surface area contributed by atoms with E-state index < -0.39 is 16.9 Å². The Morgan fingerprint density at radius 2 is 2.00 bits per heavy atom. The van der Waals surface area contributed by atoms with Crippen LogP contribution in [0.25, 0.3) is 11.0 Å². The molecule has 9 heteroatoms. The van der Waals surface area contributed by atoms with Gasteiger partial charge in [-0.3, -0.25) is 24.6 Å². The monoisotopic (exact) mass is 493 g/mol. The number of carbonyl (C=O) groups is 1. The lowest BCUT2D eigenvalue weighted by molar-refractivity contribution is -0.384. The van der Waals surface area contributed by atoms with E-state index in [9.17, 15) is 19.7 Å². The maximum Gasteiger partial charge on any atom is 0.296 e. The second-order valence-corrected chi connectivity index (χ2v) is 8.53. The Hall–Kier alpha value is -3.72. The Morgan fingerprint density at radius 3 is 2.75 bits per heavy atom. The van der Waals surface area contributed by atoms with Crippen molar-refractivity contribution < 1.29 is 14.1 Å². The lowest BCUT2D eigenvalue weighted by Crippen LogP contribution is -2.39. The second kappa shape index (κ2) is 7.45. The molecule has 0 spiro atoms. The summed E-state index contributed by atoms with van der Waals surface area (Å²) in [7, 11) is 0. The highest BCUT2D eigenvalue weighted by Crippen LogP contribution is 2.41. The molecule has 160 valence electrons. The normalized spacial score (nSPS) is 19.6. The molecule has 3 aromatic rings. The molecule has 0 bridgehead atoms. The fraction of sp³-hybridized carbons (Fsp3) is 0.130. The molecule has 8 nitrogen and oxygen atoms in total. The van der Waals surface area contributed by atoms with Crippen molar-refractivity contribution in [2.75, 3.05) is 0 Å². The third-order valence-corrected chi connectivity index (χ3v) is 6.01. The molecule has 0 saturated carbocycles. The van der Waals surface area contributed by atoms with Crippen LogP contribution >= 0.6 is 15.9 Å². The maximum atomic E-state index is 13.6. The highest BCUT2D eigenvalue weighted by atomic mass is 79.9. The van der Waals surface area contributed by atoms with E-state index in [-0.39, 0.29) is 28.5 Å². The Balaban J connectivity index is 1.80. The van der Waals surface area contributed by atoms with E-state index >= 15 is 0 Å². The molecule has 0 radical (unpaired) electrons. The number of halogens is 1. The van der Waals surface area contributed by atoms with Gasteiger partial charge in [0, 0.05) is 22.6 Å². The summed E-state index contributed by atoms with van der Waals surface area (Å²) in [4.78, 5) is 39.4. The number of rotatable bonds is 3. The van der Waals surface area contributed by atoms with Gasteiger partial charge in [-0.05, 0) is 36.8 Å². The maximum absolute atomic E-state index is 13.6. The van der Waals surface area contributed by atoms with Crippen molar-refractivity contribution in [2.45, 2.75) is 19.0 Å². The summed E-state index contributed by atoms with van der Waals surface area (Å²) in [5, 5.41) is 14.9. The number of benzene rings is 2. The van der Waals surface area contributed by atoms with Crippen molar-refractivity contribution in [2.24, 2.45) is 0 Å². The largest absolute Gasteiger partial charge is 0.450 e. The predicted molar refractivity (Wildman–Crippen MR) is 121 cm³/mol. The number of dihydropyridines is 1. The van der Waals surface area contributed by atoms with Gasteiger partial charge in [0.25, 0.3) is 11.6 Å². The van der Waals surface area contributed by atoms with E-state index in [2.05, 4.69) is 21.2 Å². The van der Waals surface area contributed by atoms with E-state index in [4.69, 9.17) is 4.42 Å². The van der Waals surface area contributed by atoms with Crippen LogP contribution in [0.2, 0.25) is 0 Å². The lowest BCUT2D eigenvalue weighted by atomic mass is 9.98. The standard InChI is InChI=1S/C23H16BrN3O5/c1-12-4-2-7-18(25-12)26-20(13-5-3-6-15(10-13)27(30)31)19-21(28)16-11-14(24)8-9-17(16)32-22(19)23(26)29/h2-12,20,25H,1H3/t12-,20-/m1/s1. The number of non-ortho nitro benzene ring substituents is 1. The Labute approximate surface area is 190 Å². The summed E-state index contributed by atoms with van der Waals surface area (Å²) in [5.41, 5.74) is 0.415. The molecule has 0 unspecified atom stereocenters. The molecule has 1 aromatic heterocycles. The van der Waals surface area contributed by atoms with Gasteiger partial charge in [-0.2, -0.15) is 0 Å². The number of nitro benzene ring substituents is 1. The third-order valence-electron chi connectivity index (χ3n) is 5.52. The SMILES string of the molecule is C[C@@H]1C=CC=C(N2C(=O)c3oc4ccc(Br)cc4c(=O)c3[C@H]2c2cccc([N+](=O)[O-])c2)N1. The zero-order chi connectivity index (χ0) is 22.6. The van der Waals surface area contributed by atoms with E-state index in [1.165, 1.54) is 17.0 Å². The number of amides is 1. The first-order chi connectivity index (χ1) is 15.3. The number of fused-ring (bicyclic) bond motifs is 2. The summed E-state index contributed by atoms with van der Waals surface area (Å²) >= 11 is 3.37. The van der Waals surface area contributed by atoms with Crippen LogP contribution in [0.4, 0.5) is 5.69 Å². The molecular formula is C23H16BrN3O5. The van der Waals surface area contributed by atoms with Crippen molar-refractivity contribution in [3.8, 4) is 0 Å². The molecule has 3 heterocycles. The molecule has 1 N–H and O–H groups in total. The average Bonchev–Trinajstić information content (AvgIpc) is 3.07. The Morgan fingerprint density at radius 1 is 1.19 bits per heavy atom. The average molecular weight is 494 g/mol. The summed E-state index contributed by atoms with van der Waals surface area (Å²) in [6, 6.07) is 10.0. The predicted octanol–water partition coefficient (Wildman–Crippen LogP) is 4.40. The topological polar surface area (TPSA) is 106 Å². The van der Waals surface area contributed by atoms with Gasteiger partial charge >= 0.3 is 0 Å². The van der Waals surface area contributed by atoms with Gasteiger partial charge in [0.15, 0.2) is 5.43 Å². The Bertz CT molecular complexity index is 1420. The minimum absolute atomic E-state index is 0.0454. The zero-order valence-corrected chi connectivity index (χ0v) is 18.3. The first-order valence-electron chi connectivity index (χ1n) is 9.84. The van der Waals surface area contributed by atoms with Crippen LogP contribution in [-0.2, 0) is 0 Å². The highest BCUT2D eigenvalue weighted by molar-refractivity contribution is 9.10. The van der Waals surface area contributed by atoms with Crippen molar-refractivity contribution in [3.05, 3.63) is 108 Å². The van der Waals surface area contributed by atoms with Crippen LogP contribution in [0, 0.1) is 10.1 Å². The number of hydrogen-bond acceptors (Lipinski definition) is 6. The summed E-state index contributed by atoms with van der Waals surface area (Å²) < 4.78 is 6.61. The van der Waals surface area contributed by atoms with Crippen LogP contribution in [0.1, 0.15) is 34.6 Å². The number of carbonyl (C=O) groups excluding carboxylic acids is 1. The molecule has 0 aliphatic carbocycles. The number of nitro groups is 1. The highest BCUT2D eigenvalue weighted by Gasteiger charge is 2.45. The Kier molecular flexibility index (Phi) is 4.70. The lowest BCUT2D eigenvalue weighted by Gasteiger charge is -2.30. The van der Waals surface area contributed by atoms with Gasteiger partial charge in [0.05, 0.1) is 21.9 Å². The molecule has 2 aliphatic rings. The van der Waals surface area contributed by atoms with E-state index in [1.54, 1.807) is 36.4 Å². The van der Waals surface area contributed by atoms with Crippen LogP contribution in [0.5, 0.6) is 0 Å². The van der Waals surface area contributed by atoms with Crippen LogP contribution < -0.4 is 10.7 Å². The number of hydrogen-bond donors (Lipinski definition) is 1. The molecule has 2 atom stereocenters. The molecule has 0 saturated heterocycles. The number of nitrogens with one attached hydrogen (secondary N) is 1. The van der Waals surface area contributed by atoms with Crippen LogP contribution in [0.15, 0.2) is 80.2 Å². The van der Waals surface area contributed by atoms with Crippen LogP contribution in [-0.4, -0.2) is 21.8 Å². The second-order valence-electron chi connectivity index (χ2n) is 7.61. The van der Waals surface area contributed by atoms with Gasteiger partial charge in [-0.1, -0.05) is 40.2 Å². The molecule has 2 aromatic carbocycles. The van der Waals surface area contributed by atoms with Crippen molar-refractivity contribution in [3.63, 3.8) is 0 Å². The first-order valence-corrected chi connectivity index (χ1v) is 10.6. The fourth-order valence-electron chi connectivity index (χ4n) is 4.11. The summed E-state index contributed by atoms with van der Waals surface area (Å²) in [6.45, 7) is 1.93.